The van der Waals surface area contributed by atoms with Crippen molar-refractivity contribution in [1.29, 1.82) is 0 Å². The van der Waals surface area contributed by atoms with Gasteiger partial charge in [-0.1, -0.05) is 30.4 Å². The number of nitrogens with zero attached hydrogens (tertiary/aromatic N) is 1. The van der Waals surface area contributed by atoms with Crippen LogP contribution in [0.3, 0.4) is 0 Å². The van der Waals surface area contributed by atoms with Gasteiger partial charge in [-0.15, -0.1) is 0 Å². The van der Waals surface area contributed by atoms with Gasteiger partial charge in [-0.3, -0.25) is 19.9 Å². The number of hydrogen-bond donors (Lipinski definition) is 3. The minimum Gasteiger partial charge on any atom is -0.386 e. The van der Waals surface area contributed by atoms with Crippen LogP contribution >= 0.6 is 0 Å². The molecule has 8 nitrogen and oxygen atoms in total. The van der Waals surface area contributed by atoms with Crippen molar-refractivity contribution < 1.29 is 18.0 Å². The normalized spacial score (nSPS) is 14.9. The van der Waals surface area contributed by atoms with Crippen LogP contribution in [0.5, 0.6) is 0 Å². The number of pyridine rings is 1. The molecule has 166 valence electrons. The van der Waals surface area contributed by atoms with Crippen LogP contribution in [-0.4, -0.2) is 25.2 Å². The van der Waals surface area contributed by atoms with Crippen molar-refractivity contribution in [1.82, 2.24) is 15.6 Å². The molecule has 1 aromatic heterocycles. The summed E-state index contributed by atoms with van der Waals surface area (Å²) in [6.45, 7) is 0.340. The number of nitrogens with two attached hydrogens (primary N) is 1. The van der Waals surface area contributed by atoms with Crippen LogP contribution < -0.4 is 15.8 Å². The molecule has 0 saturated heterocycles. The van der Waals surface area contributed by atoms with Gasteiger partial charge in [0.05, 0.1) is 10.5 Å². The van der Waals surface area contributed by atoms with Gasteiger partial charge in [0.2, 0.25) is 10.0 Å². The summed E-state index contributed by atoms with van der Waals surface area (Å²) in [5, 5.41) is 10.5. The van der Waals surface area contributed by atoms with Crippen LogP contribution in [0.2, 0.25) is 0 Å². The van der Waals surface area contributed by atoms with E-state index >= 15 is 0 Å². The maximum atomic E-state index is 12.5. The molecule has 2 heterocycles. The van der Waals surface area contributed by atoms with Gasteiger partial charge in [0.15, 0.2) is 0 Å². The lowest BCUT2D eigenvalue weighted by Gasteiger charge is -2.19. The molecule has 33 heavy (non-hydrogen) atoms. The second-order valence-corrected chi connectivity index (χ2v) is 8.89. The predicted octanol–water partition coefficient (Wildman–Crippen LogP) is 2.30. The summed E-state index contributed by atoms with van der Waals surface area (Å²) in [6.07, 6.45) is 8.76. The molecule has 3 aromatic rings. The van der Waals surface area contributed by atoms with E-state index in [1.807, 2.05) is 30.4 Å². The standard InChI is InChI=1S/C24H20N4O4S/c25-33(31,32)19-6-3-18(4-7-19)14-27-15-22-21-13-17(2-1-16-9-11-26-12-10-16)5-8-20(21)23(29)28-24(22)30/h1-13,15,27H,14H2,(H2,25,31,32)(H,28,29,30)/b2-1+,22-15-. The van der Waals surface area contributed by atoms with Gasteiger partial charge < -0.3 is 5.32 Å². The van der Waals surface area contributed by atoms with Gasteiger partial charge in [-0.05, 0) is 53.1 Å². The minimum atomic E-state index is -3.76. The lowest BCUT2D eigenvalue weighted by atomic mass is 9.93. The number of imide groups is 1. The van der Waals surface area contributed by atoms with Gasteiger partial charge >= 0.3 is 0 Å². The van der Waals surface area contributed by atoms with Crippen LogP contribution in [0.25, 0.3) is 17.7 Å². The number of carbonyl (C=O) groups is 2. The molecule has 2 aromatic carbocycles. The first kappa shape index (κ1) is 22.1. The molecule has 0 saturated carbocycles. The van der Waals surface area contributed by atoms with E-state index < -0.39 is 21.8 Å². The van der Waals surface area contributed by atoms with Crippen molar-refractivity contribution in [2.24, 2.45) is 5.14 Å². The van der Waals surface area contributed by atoms with Crippen molar-refractivity contribution in [3.8, 4) is 0 Å². The molecule has 2 amide bonds. The lowest BCUT2D eigenvalue weighted by Crippen LogP contribution is -2.37. The number of primary sulfonamides is 1. The zero-order chi connectivity index (χ0) is 23.4. The average Bonchev–Trinajstić information content (AvgIpc) is 2.80. The monoisotopic (exact) mass is 460 g/mol. The number of aromatic nitrogens is 1. The Morgan fingerprint density at radius 1 is 0.879 bits per heavy atom. The molecule has 0 spiro atoms. The highest BCUT2D eigenvalue weighted by atomic mass is 32.2. The third-order valence-corrected chi connectivity index (χ3v) is 5.96. The number of hydrogen-bond acceptors (Lipinski definition) is 6. The molecule has 0 unspecified atom stereocenters. The van der Waals surface area contributed by atoms with Gasteiger partial charge in [-0.2, -0.15) is 0 Å². The second kappa shape index (κ2) is 9.19. The summed E-state index contributed by atoms with van der Waals surface area (Å²) in [7, 11) is -3.76. The van der Waals surface area contributed by atoms with E-state index in [1.54, 1.807) is 42.9 Å². The highest BCUT2D eigenvalue weighted by molar-refractivity contribution is 7.89. The molecule has 1 aliphatic heterocycles. The van der Waals surface area contributed by atoms with Crippen molar-refractivity contribution in [3.05, 3.63) is 101 Å². The third kappa shape index (κ3) is 5.22. The smallest absolute Gasteiger partial charge is 0.260 e. The molecule has 1 aliphatic rings. The Bertz CT molecular complexity index is 1380. The van der Waals surface area contributed by atoms with Crippen molar-refractivity contribution in [2.75, 3.05) is 0 Å². The fraction of sp³-hybridized carbons (Fsp3) is 0.0417. The minimum absolute atomic E-state index is 0.0241. The van der Waals surface area contributed by atoms with Crippen LogP contribution in [0.15, 0.2) is 78.1 Å². The molecule has 0 fully saturated rings. The molecular weight excluding hydrogens is 440 g/mol. The zero-order valence-electron chi connectivity index (χ0n) is 17.4. The Morgan fingerprint density at radius 2 is 1.58 bits per heavy atom. The Labute approximate surface area is 190 Å². The number of benzene rings is 2. The SMILES string of the molecule is NS(=O)(=O)c1ccc(CN/C=C2\C(=O)NC(=O)c3ccc(/C=C/c4ccncc4)cc32)cc1. The maximum absolute atomic E-state index is 12.5. The molecule has 0 aliphatic carbocycles. The molecule has 4 rings (SSSR count). The highest BCUT2D eigenvalue weighted by Gasteiger charge is 2.27. The van der Waals surface area contributed by atoms with Crippen LogP contribution in [0, 0.1) is 0 Å². The fourth-order valence-electron chi connectivity index (χ4n) is 3.32. The summed E-state index contributed by atoms with van der Waals surface area (Å²) in [6, 6.07) is 15.1. The Morgan fingerprint density at radius 3 is 2.27 bits per heavy atom. The molecule has 9 heteroatoms. The number of carbonyl (C=O) groups excluding carboxylic acids is 2. The second-order valence-electron chi connectivity index (χ2n) is 7.33. The van der Waals surface area contributed by atoms with Crippen LogP contribution in [0.4, 0.5) is 0 Å². The van der Waals surface area contributed by atoms with Gasteiger partial charge in [0, 0.05) is 36.3 Å². The predicted molar refractivity (Wildman–Crippen MR) is 125 cm³/mol. The molecule has 0 atom stereocenters. The van der Waals surface area contributed by atoms with E-state index in [9.17, 15) is 18.0 Å². The number of nitrogens with one attached hydrogen (secondary N) is 2. The van der Waals surface area contributed by atoms with E-state index in [0.717, 1.165) is 16.7 Å². The number of amides is 2. The van der Waals surface area contributed by atoms with Gasteiger partial charge in [0.1, 0.15) is 0 Å². The molecule has 4 N–H and O–H groups in total. The summed E-state index contributed by atoms with van der Waals surface area (Å²) < 4.78 is 22.7. The number of fused-ring (bicyclic) bond motifs is 1. The van der Waals surface area contributed by atoms with E-state index in [-0.39, 0.29) is 4.90 Å². The summed E-state index contributed by atoms with van der Waals surface area (Å²) in [5.74, 6) is -0.949. The first-order chi connectivity index (χ1) is 15.8. The van der Waals surface area contributed by atoms with Crippen molar-refractivity contribution in [2.45, 2.75) is 11.4 Å². The molecule has 0 radical (unpaired) electrons. The highest BCUT2D eigenvalue weighted by Crippen LogP contribution is 2.26. The lowest BCUT2D eigenvalue weighted by molar-refractivity contribution is -0.114. The Hall–Kier alpha value is -4.08. The fourth-order valence-corrected chi connectivity index (χ4v) is 3.84. The van der Waals surface area contributed by atoms with E-state index in [1.165, 1.54) is 12.1 Å². The van der Waals surface area contributed by atoms with Gasteiger partial charge in [-0.25, -0.2) is 13.6 Å². The van der Waals surface area contributed by atoms with E-state index in [2.05, 4.69) is 15.6 Å². The molecular formula is C24H20N4O4S. The molecule has 0 bridgehead atoms. The zero-order valence-corrected chi connectivity index (χ0v) is 18.2. The van der Waals surface area contributed by atoms with Crippen LogP contribution in [-0.2, 0) is 21.4 Å². The topological polar surface area (TPSA) is 131 Å². The average molecular weight is 461 g/mol. The summed E-state index contributed by atoms with van der Waals surface area (Å²) in [5.41, 5.74) is 3.85. The Kier molecular flexibility index (Phi) is 6.16. The first-order valence-corrected chi connectivity index (χ1v) is 11.5. The summed E-state index contributed by atoms with van der Waals surface area (Å²) in [4.78, 5) is 28.8. The van der Waals surface area contributed by atoms with Crippen LogP contribution in [0.1, 0.15) is 32.6 Å². The van der Waals surface area contributed by atoms with Gasteiger partial charge in [0.25, 0.3) is 11.8 Å². The van der Waals surface area contributed by atoms with Crippen molar-refractivity contribution in [3.63, 3.8) is 0 Å². The number of rotatable bonds is 6. The summed E-state index contributed by atoms with van der Waals surface area (Å²) >= 11 is 0. The third-order valence-electron chi connectivity index (χ3n) is 5.03. The maximum Gasteiger partial charge on any atom is 0.260 e. The van der Waals surface area contributed by atoms with E-state index in [4.69, 9.17) is 5.14 Å². The quantitative estimate of drug-likeness (QED) is 0.382. The van der Waals surface area contributed by atoms with Crippen molar-refractivity contribution >= 4 is 39.6 Å². The Balaban J connectivity index is 1.56. The van der Waals surface area contributed by atoms with E-state index in [0.29, 0.717) is 23.2 Å². The number of sulfonamides is 1. The first-order valence-electron chi connectivity index (χ1n) is 9.95. The largest absolute Gasteiger partial charge is 0.386 e.